The van der Waals surface area contributed by atoms with Gasteiger partial charge in [0.1, 0.15) is 0 Å². The Labute approximate surface area is 175 Å². The molecule has 0 aliphatic carbocycles. The first-order chi connectivity index (χ1) is 13.8. The van der Waals surface area contributed by atoms with Gasteiger partial charge in [-0.25, -0.2) is 0 Å². The molecule has 0 fully saturated rings. The zero-order chi connectivity index (χ0) is 22.1. The Morgan fingerprint density at radius 3 is 1.90 bits per heavy atom. The summed E-state index contributed by atoms with van der Waals surface area (Å²) >= 11 is 0. The number of carbonyl (C=O) groups is 2. The molecular formula is C21H42N4O4. The van der Waals surface area contributed by atoms with Gasteiger partial charge in [-0.1, -0.05) is 64.0 Å². The van der Waals surface area contributed by atoms with Crippen LogP contribution < -0.4 is 22.9 Å². The van der Waals surface area contributed by atoms with Crippen molar-refractivity contribution in [2.75, 3.05) is 13.1 Å². The van der Waals surface area contributed by atoms with Crippen LogP contribution in [-0.2, 0) is 19.1 Å². The van der Waals surface area contributed by atoms with Gasteiger partial charge in [-0.05, 0) is 19.3 Å². The maximum atomic E-state index is 12.4. The molecule has 0 saturated heterocycles. The van der Waals surface area contributed by atoms with Crippen LogP contribution in [0.4, 0.5) is 0 Å². The largest absolute Gasteiger partial charge is 0.445 e. The van der Waals surface area contributed by atoms with Crippen LogP contribution in [0.1, 0.15) is 77.6 Å². The van der Waals surface area contributed by atoms with Crippen molar-refractivity contribution in [2.24, 2.45) is 28.9 Å². The monoisotopic (exact) mass is 414 g/mol. The summed E-state index contributed by atoms with van der Waals surface area (Å²) in [7, 11) is 0. The topological polar surface area (TPSA) is 157 Å². The summed E-state index contributed by atoms with van der Waals surface area (Å²) in [4.78, 5) is 24.4. The van der Waals surface area contributed by atoms with E-state index >= 15 is 0 Å². The summed E-state index contributed by atoms with van der Waals surface area (Å²) in [6, 6.07) is 0. The number of esters is 2. The number of nitrogens with two attached hydrogens (primary N) is 4. The Balaban J connectivity index is 4.44. The van der Waals surface area contributed by atoms with E-state index in [2.05, 4.69) is 13.5 Å². The summed E-state index contributed by atoms with van der Waals surface area (Å²) in [5.41, 5.74) is 22.8. The smallest absolute Gasteiger partial charge is 0.311 e. The van der Waals surface area contributed by atoms with Crippen LogP contribution >= 0.6 is 0 Å². The quantitative estimate of drug-likeness (QED) is 0.115. The fraction of sp³-hybridized carbons (Fsp3) is 0.810. The average Bonchev–Trinajstić information content (AvgIpc) is 2.69. The first-order valence-electron chi connectivity index (χ1n) is 10.8. The van der Waals surface area contributed by atoms with Crippen molar-refractivity contribution < 1.29 is 19.1 Å². The number of allylic oxidation sites excluding steroid dienone is 1. The molecule has 0 radical (unpaired) electrons. The maximum absolute atomic E-state index is 12.4. The van der Waals surface area contributed by atoms with Crippen molar-refractivity contribution in [3.05, 3.63) is 12.2 Å². The summed E-state index contributed by atoms with van der Waals surface area (Å²) in [6.45, 7) is 6.28. The molecule has 8 nitrogen and oxygen atoms in total. The van der Waals surface area contributed by atoms with Gasteiger partial charge in [-0.15, -0.1) is 0 Å². The van der Waals surface area contributed by atoms with E-state index in [9.17, 15) is 9.59 Å². The maximum Gasteiger partial charge on any atom is 0.311 e. The third kappa shape index (κ3) is 15.1. The molecule has 0 rings (SSSR count). The van der Waals surface area contributed by atoms with Crippen molar-refractivity contribution in [1.29, 1.82) is 0 Å². The Bertz CT molecular complexity index is 474. The van der Waals surface area contributed by atoms with Crippen molar-refractivity contribution in [3.63, 3.8) is 0 Å². The van der Waals surface area contributed by atoms with E-state index in [4.69, 9.17) is 32.4 Å². The zero-order valence-electron chi connectivity index (χ0n) is 18.1. The lowest BCUT2D eigenvalue weighted by atomic mass is 9.93. The standard InChI is InChI=1S/C21H42N4O4/c1-3-4-5-6-7-8-9-10-11-16(2)12-17(21(27)29-19(25)15-23)13-20(26)28-18(24)14-22/h17-19H,2-15,22-25H2,1H3. The van der Waals surface area contributed by atoms with Crippen molar-refractivity contribution >= 4 is 11.9 Å². The van der Waals surface area contributed by atoms with Crippen LogP contribution in [0.5, 0.6) is 0 Å². The highest BCUT2D eigenvalue weighted by Crippen LogP contribution is 2.22. The van der Waals surface area contributed by atoms with Crippen LogP contribution in [0, 0.1) is 5.92 Å². The van der Waals surface area contributed by atoms with Crippen LogP contribution in [-0.4, -0.2) is 37.5 Å². The normalized spacial score (nSPS) is 14.1. The second-order valence-corrected chi connectivity index (χ2v) is 7.56. The van der Waals surface area contributed by atoms with Gasteiger partial charge in [0.2, 0.25) is 0 Å². The SMILES string of the molecule is C=C(CCCCCCCCCC)CC(CC(=O)OC(N)CN)C(=O)OC(N)CN. The van der Waals surface area contributed by atoms with E-state index < -0.39 is 30.3 Å². The highest BCUT2D eigenvalue weighted by molar-refractivity contribution is 5.80. The van der Waals surface area contributed by atoms with E-state index in [0.29, 0.717) is 6.42 Å². The third-order valence-electron chi connectivity index (χ3n) is 4.68. The van der Waals surface area contributed by atoms with Gasteiger partial charge in [0.25, 0.3) is 0 Å². The fourth-order valence-corrected chi connectivity index (χ4v) is 2.96. The zero-order valence-corrected chi connectivity index (χ0v) is 18.1. The van der Waals surface area contributed by atoms with Gasteiger partial charge in [0, 0.05) is 13.1 Å². The van der Waals surface area contributed by atoms with Gasteiger partial charge in [-0.3, -0.25) is 21.1 Å². The second-order valence-electron chi connectivity index (χ2n) is 7.56. The van der Waals surface area contributed by atoms with E-state index in [-0.39, 0.29) is 19.5 Å². The highest BCUT2D eigenvalue weighted by Gasteiger charge is 2.27. The fourth-order valence-electron chi connectivity index (χ4n) is 2.96. The van der Waals surface area contributed by atoms with E-state index in [1.807, 2.05) is 0 Å². The predicted molar refractivity (Wildman–Crippen MR) is 115 cm³/mol. The minimum Gasteiger partial charge on any atom is -0.445 e. The molecule has 0 amide bonds. The van der Waals surface area contributed by atoms with Crippen LogP contribution in [0.25, 0.3) is 0 Å². The van der Waals surface area contributed by atoms with Gasteiger partial charge in [0.15, 0.2) is 12.5 Å². The molecule has 3 atom stereocenters. The van der Waals surface area contributed by atoms with Crippen LogP contribution in [0.15, 0.2) is 12.2 Å². The van der Waals surface area contributed by atoms with Crippen LogP contribution in [0.2, 0.25) is 0 Å². The Hall–Kier alpha value is -1.48. The predicted octanol–water partition coefficient (Wildman–Crippen LogP) is 2.04. The molecule has 0 aliphatic rings. The molecule has 0 bridgehead atoms. The van der Waals surface area contributed by atoms with E-state index in [0.717, 1.165) is 24.8 Å². The van der Waals surface area contributed by atoms with Gasteiger partial charge in [0.05, 0.1) is 12.3 Å². The summed E-state index contributed by atoms with van der Waals surface area (Å²) in [5, 5.41) is 0. The number of carbonyl (C=O) groups excluding carboxylic acids is 2. The molecule has 0 heterocycles. The molecule has 8 heteroatoms. The Morgan fingerprint density at radius 2 is 1.34 bits per heavy atom. The van der Waals surface area contributed by atoms with Crippen molar-refractivity contribution in [2.45, 2.75) is 90.0 Å². The lowest BCUT2D eigenvalue weighted by Crippen LogP contribution is -2.38. The molecule has 0 aromatic rings. The van der Waals surface area contributed by atoms with Gasteiger partial charge in [-0.2, -0.15) is 0 Å². The van der Waals surface area contributed by atoms with Gasteiger partial charge >= 0.3 is 11.9 Å². The molecule has 0 aromatic carbocycles. The number of hydrogen-bond donors (Lipinski definition) is 4. The number of unbranched alkanes of at least 4 members (excludes halogenated alkanes) is 7. The molecule has 0 aromatic heterocycles. The van der Waals surface area contributed by atoms with Gasteiger partial charge < -0.3 is 20.9 Å². The first-order valence-corrected chi connectivity index (χ1v) is 10.8. The molecule has 29 heavy (non-hydrogen) atoms. The molecule has 0 saturated carbocycles. The molecular weight excluding hydrogens is 372 g/mol. The molecule has 8 N–H and O–H groups in total. The average molecular weight is 415 g/mol. The number of hydrogen-bond acceptors (Lipinski definition) is 8. The summed E-state index contributed by atoms with van der Waals surface area (Å²) in [5.74, 6) is -1.92. The Kier molecular flexibility index (Phi) is 16.5. The van der Waals surface area contributed by atoms with Crippen LogP contribution in [0.3, 0.4) is 0 Å². The minimum atomic E-state index is -0.909. The molecule has 0 aliphatic heterocycles. The minimum absolute atomic E-state index is 0.000155. The Morgan fingerprint density at radius 1 is 0.828 bits per heavy atom. The third-order valence-corrected chi connectivity index (χ3v) is 4.68. The highest BCUT2D eigenvalue weighted by atomic mass is 16.6. The number of rotatable bonds is 18. The summed E-state index contributed by atoms with van der Waals surface area (Å²) < 4.78 is 10.1. The van der Waals surface area contributed by atoms with Crippen molar-refractivity contribution in [3.8, 4) is 0 Å². The molecule has 0 spiro atoms. The van der Waals surface area contributed by atoms with E-state index in [1.54, 1.807) is 0 Å². The van der Waals surface area contributed by atoms with E-state index in [1.165, 1.54) is 38.5 Å². The second kappa shape index (κ2) is 17.4. The molecule has 3 unspecified atom stereocenters. The lowest BCUT2D eigenvalue weighted by Gasteiger charge is -2.20. The number of ether oxygens (including phenoxy) is 2. The summed E-state index contributed by atoms with van der Waals surface area (Å²) in [6.07, 6.45) is 8.93. The van der Waals surface area contributed by atoms with Crippen molar-refractivity contribution in [1.82, 2.24) is 0 Å². The first kappa shape index (κ1) is 27.5. The molecule has 170 valence electrons. The lowest BCUT2D eigenvalue weighted by molar-refractivity contribution is -0.160.